The highest BCUT2D eigenvalue weighted by Crippen LogP contribution is 2.30. The van der Waals surface area contributed by atoms with E-state index in [2.05, 4.69) is 50.4 Å². The highest BCUT2D eigenvalue weighted by Gasteiger charge is 2.22. The van der Waals surface area contributed by atoms with Gasteiger partial charge in [0.15, 0.2) is 0 Å². The number of benzene rings is 1. The van der Waals surface area contributed by atoms with Gasteiger partial charge in [0, 0.05) is 12.1 Å². The van der Waals surface area contributed by atoms with Crippen LogP contribution in [0.3, 0.4) is 0 Å². The molecule has 1 N–H and O–H groups in total. The van der Waals surface area contributed by atoms with Crippen molar-refractivity contribution in [3.63, 3.8) is 0 Å². The molecule has 3 unspecified atom stereocenters. The average Bonchev–Trinajstić information content (AvgIpc) is 2.73. The van der Waals surface area contributed by atoms with E-state index in [9.17, 15) is 0 Å². The monoisotopic (exact) mass is 289 g/mol. The van der Waals surface area contributed by atoms with Gasteiger partial charge in [-0.3, -0.25) is 0 Å². The Morgan fingerprint density at radius 2 is 1.71 bits per heavy atom. The van der Waals surface area contributed by atoms with E-state index < -0.39 is 0 Å². The molecule has 1 aliphatic carbocycles. The van der Waals surface area contributed by atoms with E-state index in [0.717, 1.165) is 17.6 Å². The van der Waals surface area contributed by atoms with Crippen LogP contribution in [0.1, 0.15) is 64.5 Å². The molecule has 0 aromatic heterocycles. The second kappa shape index (κ2) is 7.84. The van der Waals surface area contributed by atoms with Crippen molar-refractivity contribution in [3.05, 3.63) is 29.8 Å². The molecular formula is C19H31NO. The zero-order valence-electron chi connectivity index (χ0n) is 14.1. The van der Waals surface area contributed by atoms with Crippen LogP contribution in [0.5, 0.6) is 5.75 Å². The van der Waals surface area contributed by atoms with Gasteiger partial charge >= 0.3 is 0 Å². The van der Waals surface area contributed by atoms with Gasteiger partial charge in [-0.1, -0.05) is 38.8 Å². The minimum absolute atomic E-state index is 0.413. The van der Waals surface area contributed by atoms with Crippen molar-refractivity contribution in [3.8, 4) is 5.75 Å². The maximum atomic E-state index is 5.23. The molecule has 1 aromatic carbocycles. The van der Waals surface area contributed by atoms with Crippen LogP contribution < -0.4 is 10.1 Å². The van der Waals surface area contributed by atoms with Gasteiger partial charge in [-0.05, 0) is 55.7 Å². The Labute approximate surface area is 130 Å². The van der Waals surface area contributed by atoms with Gasteiger partial charge in [0.2, 0.25) is 0 Å². The van der Waals surface area contributed by atoms with E-state index >= 15 is 0 Å². The molecule has 1 saturated carbocycles. The molecule has 0 saturated heterocycles. The highest BCUT2D eigenvalue weighted by molar-refractivity contribution is 5.28. The molecule has 1 aliphatic rings. The predicted molar refractivity (Wildman–Crippen MR) is 89.7 cm³/mol. The molecule has 3 atom stereocenters. The van der Waals surface area contributed by atoms with E-state index in [4.69, 9.17) is 4.74 Å². The fourth-order valence-electron chi connectivity index (χ4n) is 3.51. The molecule has 1 fully saturated rings. The number of ether oxygens (including phenoxy) is 1. The number of hydrogen-bond donors (Lipinski definition) is 1. The third kappa shape index (κ3) is 4.74. The molecule has 2 nitrogen and oxygen atoms in total. The summed E-state index contributed by atoms with van der Waals surface area (Å²) >= 11 is 0. The summed E-state index contributed by atoms with van der Waals surface area (Å²) < 4.78 is 5.23. The van der Waals surface area contributed by atoms with E-state index in [1.54, 1.807) is 7.11 Å². The smallest absolute Gasteiger partial charge is 0.118 e. The van der Waals surface area contributed by atoms with Gasteiger partial charge in [0.25, 0.3) is 0 Å². The summed E-state index contributed by atoms with van der Waals surface area (Å²) in [5, 5.41) is 3.83. The van der Waals surface area contributed by atoms with Gasteiger partial charge in [0.1, 0.15) is 5.75 Å². The third-order valence-electron chi connectivity index (χ3n) is 5.06. The number of hydrogen-bond acceptors (Lipinski definition) is 2. The first-order valence-electron chi connectivity index (χ1n) is 8.50. The van der Waals surface area contributed by atoms with Gasteiger partial charge in [-0.25, -0.2) is 0 Å². The SMILES string of the molecule is COc1ccc(C(C)NC2CCCC(C(C)C)CC2)cc1. The van der Waals surface area contributed by atoms with Crippen LogP contribution in [0, 0.1) is 11.8 Å². The number of nitrogens with one attached hydrogen (secondary N) is 1. The first-order chi connectivity index (χ1) is 10.1. The van der Waals surface area contributed by atoms with Crippen molar-refractivity contribution >= 4 is 0 Å². The summed E-state index contributed by atoms with van der Waals surface area (Å²) in [7, 11) is 1.72. The van der Waals surface area contributed by atoms with Gasteiger partial charge in [-0.15, -0.1) is 0 Å². The minimum atomic E-state index is 0.413. The first-order valence-corrected chi connectivity index (χ1v) is 8.50. The Balaban J connectivity index is 1.88. The lowest BCUT2D eigenvalue weighted by Crippen LogP contribution is -2.31. The van der Waals surface area contributed by atoms with E-state index in [1.807, 2.05) is 0 Å². The lowest BCUT2D eigenvalue weighted by molar-refractivity contribution is 0.335. The molecule has 0 aliphatic heterocycles. The molecule has 2 heteroatoms. The van der Waals surface area contributed by atoms with Crippen LogP contribution in [0.15, 0.2) is 24.3 Å². The highest BCUT2D eigenvalue weighted by atomic mass is 16.5. The van der Waals surface area contributed by atoms with Crippen molar-refractivity contribution in [2.24, 2.45) is 11.8 Å². The zero-order valence-corrected chi connectivity index (χ0v) is 14.1. The van der Waals surface area contributed by atoms with E-state index in [0.29, 0.717) is 12.1 Å². The summed E-state index contributed by atoms with van der Waals surface area (Å²) in [4.78, 5) is 0. The Kier molecular flexibility index (Phi) is 6.10. The molecular weight excluding hydrogens is 258 g/mol. The van der Waals surface area contributed by atoms with Crippen LogP contribution in [0.25, 0.3) is 0 Å². The first kappa shape index (κ1) is 16.4. The molecule has 0 amide bonds. The van der Waals surface area contributed by atoms with Gasteiger partial charge in [-0.2, -0.15) is 0 Å². The van der Waals surface area contributed by atoms with E-state index in [1.165, 1.54) is 37.7 Å². The molecule has 1 aromatic rings. The van der Waals surface area contributed by atoms with Crippen molar-refractivity contribution in [2.75, 3.05) is 7.11 Å². The Hall–Kier alpha value is -1.02. The quantitative estimate of drug-likeness (QED) is 0.774. The van der Waals surface area contributed by atoms with E-state index in [-0.39, 0.29) is 0 Å². The molecule has 0 spiro atoms. The summed E-state index contributed by atoms with van der Waals surface area (Å²) in [6.45, 7) is 7.02. The Morgan fingerprint density at radius 3 is 2.33 bits per heavy atom. The fourth-order valence-corrected chi connectivity index (χ4v) is 3.51. The molecule has 2 rings (SSSR count). The third-order valence-corrected chi connectivity index (χ3v) is 5.06. The Morgan fingerprint density at radius 1 is 1.00 bits per heavy atom. The molecule has 0 heterocycles. The lowest BCUT2D eigenvalue weighted by Gasteiger charge is -2.23. The molecule has 0 radical (unpaired) electrons. The second-order valence-corrected chi connectivity index (χ2v) is 6.87. The topological polar surface area (TPSA) is 21.3 Å². The maximum absolute atomic E-state index is 5.23. The van der Waals surface area contributed by atoms with Crippen LogP contribution in [0.4, 0.5) is 0 Å². The van der Waals surface area contributed by atoms with Crippen molar-refractivity contribution < 1.29 is 4.74 Å². The maximum Gasteiger partial charge on any atom is 0.118 e. The molecule has 0 bridgehead atoms. The number of methoxy groups -OCH3 is 1. The summed E-state index contributed by atoms with van der Waals surface area (Å²) in [6, 6.07) is 9.53. The normalized spacial score (nSPS) is 24.6. The summed E-state index contributed by atoms with van der Waals surface area (Å²) in [5.41, 5.74) is 1.35. The summed E-state index contributed by atoms with van der Waals surface area (Å²) in [6.07, 6.45) is 6.81. The molecule has 21 heavy (non-hydrogen) atoms. The van der Waals surface area contributed by atoms with Crippen LogP contribution >= 0.6 is 0 Å². The predicted octanol–water partition coefficient (Wildman–Crippen LogP) is 4.95. The summed E-state index contributed by atoms with van der Waals surface area (Å²) in [5.74, 6) is 2.69. The standard InChI is InChI=1S/C19H31NO/c1-14(2)16-6-5-7-18(11-8-16)20-15(3)17-9-12-19(21-4)13-10-17/h9-10,12-16,18,20H,5-8,11H2,1-4H3. The lowest BCUT2D eigenvalue weighted by atomic mass is 9.89. The fraction of sp³-hybridized carbons (Fsp3) is 0.684. The largest absolute Gasteiger partial charge is 0.497 e. The Bertz CT molecular complexity index is 412. The second-order valence-electron chi connectivity index (χ2n) is 6.87. The van der Waals surface area contributed by atoms with Crippen LogP contribution in [0.2, 0.25) is 0 Å². The van der Waals surface area contributed by atoms with Crippen LogP contribution in [-0.4, -0.2) is 13.2 Å². The van der Waals surface area contributed by atoms with Crippen molar-refractivity contribution in [1.29, 1.82) is 0 Å². The van der Waals surface area contributed by atoms with Gasteiger partial charge in [0.05, 0.1) is 7.11 Å². The molecule has 118 valence electrons. The van der Waals surface area contributed by atoms with Crippen molar-refractivity contribution in [2.45, 2.75) is 65.0 Å². The van der Waals surface area contributed by atoms with Crippen molar-refractivity contribution in [1.82, 2.24) is 5.32 Å². The zero-order chi connectivity index (χ0) is 15.2. The minimum Gasteiger partial charge on any atom is -0.497 e. The average molecular weight is 289 g/mol. The van der Waals surface area contributed by atoms with Gasteiger partial charge < -0.3 is 10.1 Å². The number of rotatable bonds is 5. The van der Waals surface area contributed by atoms with Crippen LogP contribution in [-0.2, 0) is 0 Å².